The molecule has 0 amide bonds. The predicted octanol–water partition coefficient (Wildman–Crippen LogP) is 2.64. The molecule has 1 aromatic carbocycles. The van der Waals surface area contributed by atoms with E-state index in [-0.39, 0.29) is 24.6 Å². The minimum atomic E-state index is -1.29. The van der Waals surface area contributed by atoms with E-state index in [4.69, 9.17) is 23.7 Å². The molecule has 0 aromatic heterocycles. The third-order valence-corrected chi connectivity index (χ3v) is 3.70. The summed E-state index contributed by atoms with van der Waals surface area (Å²) in [4.78, 5) is 35.5. The molecule has 0 radical (unpaired) electrons. The van der Waals surface area contributed by atoms with Crippen molar-refractivity contribution in [3.63, 3.8) is 0 Å². The van der Waals surface area contributed by atoms with Crippen molar-refractivity contribution in [2.45, 2.75) is 39.4 Å². The van der Waals surface area contributed by atoms with Gasteiger partial charge in [0.05, 0.1) is 20.3 Å². The van der Waals surface area contributed by atoms with E-state index in [0.717, 1.165) is 0 Å². The molecule has 0 bridgehead atoms. The molecular weight excluding hydrogens is 368 g/mol. The Balaban J connectivity index is 2.10. The Labute approximate surface area is 163 Å². The predicted molar refractivity (Wildman–Crippen MR) is 98.6 cm³/mol. The van der Waals surface area contributed by atoms with Gasteiger partial charge in [0.2, 0.25) is 0 Å². The van der Waals surface area contributed by atoms with Crippen molar-refractivity contribution in [2.75, 3.05) is 20.3 Å². The first-order chi connectivity index (χ1) is 13.3. The standard InChI is InChI=1S/C20H24O8/c1-5-25-17(21)7-6-10-26-16-12-13(8-9-15(16)24-4)11-14-18(22)27-20(2,3)28-19(14)23/h8-9,11-12H,5-7,10H2,1-4H3. The zero-order valence-corrected chi connectivity index (χ0v) is 16.4. The minimum absolute atomic E-state index is 0.210. The summed E-state index contributed by atoms with van der Waals surface area (Å²) in [7, 11) is 1.50. The second kappa shape index (κ2) is 9.25. The van der Waals surface area contributed by atoms with Crippen LogP contribution in [0.3, 0.4) is 0 Å². The number of carbonyl (C=O) groups excluding carboxylic acids is 3. The minimum Gasteiger partial charge on any atom is -0.493 e. The van der Waals surface area contributed by atoms with Crippen LogP contribution < -0.4 is 9.47 Å². The fourth-order valence-corrected chi connectivity index (χ4v) is 2.47. The van der Waals surface area contributed by atoms with Gasteiger partial charge >= 0.3 is 17.9 Å². The van der Waals surface area contributed by atoms with Gasteiger partial charge in [0.25, 0.3) is 5.79 Å². The molecule has 2 rings (SSSR count). The van der Waals surface area contributed by atoms with Crippen molar-refractivity contribution >= 4 is 24.0 Å². The highest BCUT2D eigenvalue weighted by Crippen LogP contribution is 2.30. The maximum atomic E-state index is 12.1. The summed E-state index contributed by atoms with van der Waals surface area (Å²) in [6.45, 7) is 5.32. The van der Waals surface area contributed by atoms with Crippen LogP contribution in [0.25, 0.3) is 6.08 Å². The van der Waals surface area contributed by atoms with E-state index in [2.05, 4.69) is 0 Å². The van der Waals surface area contributed by atoms with Gasteiger partial charge in [0.1, 0.15) is 5.57 Å². The summed E-state index contributed by atoms with van der Waals surface area (Å²) in [5.74, 6) is -2.19. The molecule has 8 heteroatoms. The Hall–Kier alpha value is -3.03. The molecule has 1 heterocycles. The number of rotatable bonds is 8. The Morgan fingerprint density at radius 3 is 2.43 bits per heavy atom. The van der Waals surface area contributed by atoms with Gasteiger partial charge in [0.15, 0.2) is 11.5 Å². The smallest absolute Gasteiger partial charge is 0.348 e. The van der Waals surface area contributed by atoms with Gasteiger partial charge in [-0.25, -0.2) is 9.59 Å². The van der Waals surface area contributed by atoms with Crippen molar-refractivity contribution in [2.24, 2.45) is 0 Å². The van der Waals surface area contributed by atoms with Crippen LogP contribution in [0.15, 0.2) is 23.8 Å². The number of methoxy groups -OCH3 is 1. The van der Waals surface area contributed by atoms with Crippen LogP contribution in [0.1, 0.15) is 39.2 Å². The SMILES string of the molecule is CCOC(=O)CCCOc1cc(C=C2C(=O)OC(C)(C)OC2=O)ccc1OC. The quantitative estimate of drug-likeness (QED) is 0.288. The molecule has 1 aromatic rings. The fourth-order valence-electron chi connectivity index (χ4n) is 2.47. The molecule has 1 saturated heterocycles. The van der Waals surface area contributed by atoms with Gasteiger partial charge in [-0.1, -0.05) is 6.07 Å². The van der Waals surface area contributed by atoms with E-state index in [9.17, 15) is 14.4 Å². The van der Waals surface area contributed by atoms with Crippen molar-refractivity contribution in [3.05, 3.63) is 29.3 Å². The zero-order valence-electron chi connectivity index (χ0n) is 16.4. The van der Waals surface area contributed by atoms with Crippen molar-refractivity contribution in [1.29, 1.82) is 0 Å². The van der Waals surface area contributed by atoms with Crippen LogP contribution in [-0.2, 0) is 28.6 Å². The molecule has 8 nitrogen and oxygen atoms in total. The zero-order chi connectivity index (χ0) is 20.7. The monoisotopic (exact) mass is 392 g/mol. The van der Waals surface area contributed by atoms with Gasteiger partial charge in [-0.15, -0.1) is 0 Å². The third-order valence-electron chi connectivity index (χ3n) is 3.70. The second-order valence-electron chi connectivity index (χ2n) is 6.40. The molecule has 0 aliphatic carbocycles. The number of esters is 3. The van der Waals surface area contributed by atoms with E-state index < -0.39 is 17.7 Å². The van der Waals surface area contributed by atoms with Gasteiger partial charge in [-0.2, -0.15) is 0 Å². The molecule has 1 aliphatic heterocycles. The largest absolute Gasteiger partial charge is 0.493 e. The lowest BCUT2D eigenvalue weighted by atomic mass is 10.1. The summed E-state index contributed by atoms with van der Waals surface area (Å²) in [6.07, 6.45) is 2.08. The summed E-state index contributed by atoms with van der Waals surface area (Å²) in [6, 6.07) is 4.94. The summed E-state index contributed by atoms with van der Waals surface area (Å²) in [5, 5.41) is 0. The van der Waals surface area contributed by atoms with Gasteiger partial charge < -0.3 is 23.7 Å². The highest BCUT2D eigenvalue weighted by molar-refractivity contribution is 6.18. The molecule has 1 fully saturated rings. The molecule has 0 atom stereocenters. The van der Waals surface area contributed by atoms with E-state index in [1.54, 1.807) is 25.1 Å². The third kappa shape index (κ3) is 5.73. The number of cyclic esters (lactones) is 2. The number of ether oxygens (including phenoxy) is 5. The molecule has 0 saturated carbocycles. The summed E-state index contributed by atoms with van der Waals surface area (Å²) in [5.41, 5.74) is 0.322. The molecule has 28 heavy (non-hydrogen) atoms. The first-order valence-corrected chi connectivity index (χ1v) is 8.90. The Bertz CT molecular complexity index is 756. The number of hydrogen-bond donors (Lipinski definition) is 0. The fraction of sp³-hybridized carbons (Fsp3) is 0.450. The molecule has 1 aliphatic rings. The van der Waals surface area contributed by atoms with Gasteiger partial charge in [-0.05, 0) is 37.1 Å². The van der Waals surface area contributed by atoms with Crippen LogP contribution in [0.5, 0.6) is 11.5 Å². The number of carbonyl (C=O) groups is 3. The Morgan fingerprint density at radius 2 is 1.82 bits per heavy atom. The van der Waals surface area contributed by atoms with E-state index in [1.165, 1.54) is 27.0 Å². The lowest BCUT2D eigenvalue weighted by molar-refractivity contribution is -0.222. The highest BCUT2D eigenvalue weighted by Gasteiger charge is 2.38. The van der Waals surface area contributed by atoms with Gasteiger partial charge in [0, 0.05) is 20.3 Å². The van der Waals surface area contributed by atoms with Crippen molar-refractivity contribution in [3.8, 4) is 11.5 Å². The lowest BCUT2D eigenvalue weighted by Gasteiger charge is -2.29. The lowest BCUT2D eigenvalue weighted by Crippen LogP contribution is -2.41. The van der Waals surface area contributed by atoms with E-state index >= 15 is 0 Å². The first-order valence-electron chi connectivity index (χ1n) is 8.90. The molecule has 0 unspecified atom stereocenters. The van der Waals surface area contributed by atoms with E-state index in [0.29, 0.717) is 30.1 Å². The summed E-state index contributed by atoms with van der Waals surface area (Å²) >= 11 is 0. The average Bonchev–Trinajstić information content (AvgIpc) is 2.61. The molecule has 0 spiro atoms. The maximum absolute atomic E-state index is 12.1. The Morgan fingerprint density at radius 1 is 1.14 bits per heavy atom. The summed E-state index contributed by atoms with van der Waals surface area (Å²) < 4.78 is 25.9. The topological polar surface area (TPSA) is 97.4 Å². The normalized spacial score (nSPS) is 15.4. The van der Waals surface area contributed by atoms with Crippen LogP contribution >= 0.6 is 0 Å². The molecule has 152 valence electrons. The number of benzene rings is 1. The van der Waals surface area contributed by atoms with Crippen molar-refractivity contribution in [1.82, 2.24) is 0 Å². The highest BCUT2D eigenvalue weighted by atomic mass is 16.7. The van der Waals surface area contributed by atoms with Crippen LogP contribution in [0.2, 0.25) is 0 Å². The van der Waals surface area contributed by atoms with Crippen LogP contribution in [-0.4, -0.2) is 44.0 Å². The molecular formula is C20H24O8. The van der Waals surface area contributed by atoms with Crippen LogP contribution in [0.4, 0.5) is 0 Å². The Kier molecular flexibility index (Phi) is 7.03. The van der Waals surface area contributed by atoms with E-state index in [1.807, 2.05) is 0 Å². The van der Waals surface area contributed by atoms with Gasteiger partial charge in [-0.3, -0.25) is 4.79 Å². The molecule has 0 N–H and O–H groups in total. The first kappa shape index (κ1) is 21.3. The average molecular weight is 392 g/mol. The second-order valence-corrected chi connectivity index (χ2v) is 6.40. The van der Waals surface area contributed by atoms with Crippen molar-refractivity contribution < 1.29 is 38.1 Å². The number of hydrogen-bond acceptors (Lipinski definition) is 8. The van der Waals surface area contributed by atoms with Crippen LogP contribution in [0, 0.1) is 0 Å². The maximum Gasteiger partial charge on any atom is 0.348 e.